The summed E-state index contributed by atoms with van der Waals surface area (Å²) >= 11 is 1.53. The first-order valence-corrected chi connectivity index (χ1v) is 15.7. The number of hydrogen-bond donors (Lipinski definition) is 2. The number of urea groups is 1. The van der Waals surface area contributed by atoms with E-state index in [4.69, 9.17) is 14.3 Å². The predicted molar refractivity (Wildman–Crippen MR) is 163 cm³/mol. The molecule has 2 unspecified atom stereocenters. The van der Waals surface area contributed by atoms with Gasteiger partial charge in [0.1, 0.15) is 27.8 Å². The number of rotatable bonds is 6. The Morgan fingerprint density at radius 2 is 1.57 bits per heavy atom. The Morgan fingerprint density at radius 3 is 2.18 bits per heavy atom. The number of aliphatic imine (C=N–C) groups is 1. The molecule has 0 radical (unpaired) electrons. The summed E-state index contributed by atoms with van der Waals surface area (Å²) in [7, 11) is 0. The van der Waals surface area contributed by atoms with Crippen LogP contribution in [0.4, 0.5) is 14.4 Å². The lowest BCUT2D eigenvalue weighted by atomic mass is 9.81. The minimum absolute atomic E-state index is 0.0258. The average molecular weight is 628 g/mol. The van der Waals surface area contributed by atoms with Crippen LogP contribution in [-0.4, -0.2) is 74.2 Å². The standard InChI is InChI=1S/C30H41N7O6S/c1-29(2,3)42-26(38)32-25(33-27(39)43-30(4,5)6)31-20-14-19(15-20)23-34-35-24(44-23)22-13-12-21-16-36(22)28(40)37(21)41-17-18-10-8-7-9-11-18/h7-11,19-22H,12-17H2,1-6H3,(H2,31,32,33,38,39). The van der Waals surface area contributed by atoms with Gasteiger partial charge in [0.15, 0.2) is 0 Å². The van der Waals surface area contributed by atoms with Gasteiger partial charge in [0.05, 0.1) is 18.1 Å². The van der Waals surface area contributed by atoms with Crippen molar-refractivity contribution >= 4 is 35.5 Å². The molecule has 2 atom stereocenters. The Morgan fingerprint density at radius 1 is 0.955 bits per heavy atom. The van der Waals surface area contributed by atoms with E-state index < -0.39 is 23.4 Å². The van der Waals surface area contributed by atoms with Crippen LogP contribution in [0.2, 0.25) is 0 Å². The van der Waals surface area contributed by atoms with Gasteiger partial charge in [0, 0.05) is 12.5 Å². The maximum absolute atomic E-state index is 13.2. The number of amides is 4. The Kier molecular flexibility index (Phi) is 9.12. The normalized spacial score (nSPS) is 23.1. The molecule has 1 aromatic carbocycles. The number of fused-ring (bicyclic) bond motifs is 2. The summed E-state index contributed by atoms with van der Waals surface area (Å²) in [5, 5.41) is 17.2. The lowest BCUT2D eigenvalue weighted by Gasteiger charge is -2.31. The van der Waals surface area contributed by atoms with E-state index in [9.17, 15) is 14.4 Å². The van der Waals surface area contributed by atoms with Gasteiger partial charge >= 0.3 is 18.2 Å². The third-order valence-corrected chi connectivity index (χ3v) is 8.48. The van der Waals surface area contributed by atoms with Crippen LogP contribution in [0.1, 0.15) is 94.8 Å². The third kappa shape index (κ3) is 8.03. The number of guanidine groups is 1. The number of nitrogens with one attached hydrogen (secondary N) is 2. The zero-order valence-electron chi connectivity index (χ0n) is 26.0. The van der Waals surface area contributed by atoms with Crippen molar-refractivity contribution in [1.29, 1.82) is 0 Å². The van der Waals surface area contributed by atoms with E-state index in [1.165, 1.54) is 16.4 Å². The zero-order valence-corrected chi connectivity index (χ0v) is 26.8. The Labute approximate surface area is 261 Å². The van der Waals surface area contributed by atoms with Crippen LogP contribution in [0.15, 0.2) is 35.3 Å². The maximum Gasteiger partial charge on any atom is 0.414 e. The van der Waals surface area contributed by atoms with Gasteiger partial charge in [-0.05, 0) is 72.8 Å². The molecule has 2 N–H and O–H groups in total. The number of carbonyl (C=O) groups excluding carboxylic acids is 3. The Bertz CT molecular complexity index is 1350. The fourth-order valence-electron chi connectivity index (χ4n) is 5.29. The van der Waals surface area contributed by atoms with Crippen LogP contribution in [0.25, 0.3) is 0 Å². The first kappa shape index (κ1) is 31.6. The molecule has 3 fully saturated rings. The van der Waals surface area contributed by atoms with E-state index in [0.29, 0.717) is 26.0 Å². The summed E-state index contributed by atoms with van der Waals surface area (Å²) in [5.41, 5.74) is -0.423. The first-order chi connectivity index (χ1) is 20.7. The molecule has 2 saturated heterocycles. The molecule has 3 heterocycles. The fraction of sp³-hybridized carbons (Fsp3) is 0.600. The van der Waals surface area contributed by atoms with E-state index in [1.807, 2.05) is 35.2 Å². The topological polar surface area (TPSA) is 148 Å². The van der Waals surface area contributed by atoms with Crippen molar-refractivity contribution in [3.63, 3.8) is 0 Å². The number of carbonyl (C=O) groups is 3. The molecule has 2 aliphatic heterocycles. The van der Waals surface area contributed by atoms with Gasteiger partial charge in [-0.25, -0.2) is 19.4 Å². The Hall–Kier alpha value is -3.78. The SMILES string of the molecule is CC(C)(C)OC(=O)NC(=NC1CC(c2nnc(C3CCC4CN3C(=O)N4OCc3ccccc3)s2)C1)NC(=O)OC(C)(C)C. The number of nitrogens with zero attached hydrogens (tertiary/aromatic N) is 5. The lowest BCUT2D eigenvalue weighted by molar-refractivity contribution is -0.140. The molecular formula is C30H41N7O6S. The molecule has 13 nitrogen and oxygen atoms in total. The van der Waals surface area contributed by atoms with Crippen molar-refractivity contribution in [2.45, 2.75) is 109 Å². The smallest absolute Gasteiger partial charge is 0.414 e. The van der Waals surface area contributed by atoms with Crippen molar-refractivity contribution in [2.24, 2.45) is 4.99 Å². The van der Waals surface area contributed by atoms with Crippen LogP contribution < -0.4 is 10.6 Å². The summed E-state index contributed by atoms with van der Waals surface area (Å²) in [4.78, 5) is 50.4. The summed E-state index contributed by atoms with van der Waals surface area (Å²) < 4.78 is 10.7. The number of alkyl carbamates (subject to hydrolysis) is 2. The van der Waals surface area contributed by atoms with E-state index >= 15 is 0 Å². The molecule has 2 bridgehead atoms. The van der Waals surface area contributed by atoms with E-state index in [0.717, 1.165) is 28.4 Å². The lowest BCUT2D eigenvalue weighted by Crippen LogP contribution is -2.48. The first-order valence-electron chi connectivity index (χ1n) is 14.9. The van der Waals surface area contributed by atoms with Crippen molar-refractivity contribution in [3.8, 4) is 0 Å². The van der Waals surface area contributed by atoms with E-state index in [2.05, 4.69) is 25.8 Å². The van der Waals surface area contributed by atoms with Crippen molar-refractivity contribution in [1.82, 2.24) is 30.8 Å². The van der Waals surface area contributed by atoms with Gasteiger partial charge in [0.25, 0.3) is 0 Å². The average Bonchev–Trinajstić information content (AvgIpc) is 3.46. The van der Waals surface area contributed by atoms with Crippen LogP contribution in [0, 0.1) is 0 Å². The minimum Gasteiger partial charge on any atom is -0.444 e. The monoisotopic (exact) mass is 627 g/mol. The fourth-order valence-corrected chi connectivity index (χ4v) is 6.41. The number of hydroxylamine groups is 2. The van der Waals surface area contributed by atoms with Crippen molar-refractivity contribution < 1.29 is 28.7 Å². The highest BCUT2D eigenvalue weighted by Crippen LogP contribution is 2.44. The predicted octanol–water partition coefficient (Wildman–Crippen LogP) is 5.26. The second-order valence-electron chi connectivity index (χ2n) is 13.3. The Balaban J connectivity index is 1.18. The van der Waals surface area contributed by atoms with Gasteiger partial charge in [0.2, 0.25) is 5.96 Å². The van der Waals surface area contributed by atoms with Crippen LogP contribution in [0.5, 0.6) is 0 Å². The largest absolute Gasteiger partial charge is 0.444 e. The molecule has 14 heteroatoms. The van der Waals surface area contributed by atoms with Crippen LogP contribution >= 0.6 is 11.3 Å². The molecule has 1 saturated carbocycles. The van der Waals surface area contributed by atoms with Crippen molar-refractivity contribution in [2.75, 3.05) is 6.54 Å². The molecule has 2 aromatic rings. The highest BCUT2D eigenvalue weighted by molar-refractivity contribution is 7.11. The molecule has 1 aliphatic carbocycles. The summed E-state index contributed by atoms with van der Waals surface area (Å²) in [6, 6.07) is 9.41. The van der Waals surface area contributed by atoms with E-state index in [1.54, 1.807) is 41.5 Å². The number of aromatic nitrogens is 2. The molecule has 238 valence electrons. The summed E-state index contributed by atoms with van der Waals surface area (Å²) in [6.07, 6.45) is 1.50. The van der Waals surface area contributed by atoms with Gasteiger partial charge in [-0.15, -0.1) is 10.2 Å². The second kappa shape index (κ2) is 12.7. The van der Waals surface area contributed by atoms with Gasteiger partial charge in [-0.3, -0.25) is 15.5 Å². The van der Waals surface area contributed by atoms with Gasteiger partial charge in [-0.1, -0.05) is 41.7 Å². The van der Waals surface area contributed by atoms with E-state index in [-0.39, 0.29) is 36.0 Å². The number of hydrogen-bond acceptors (Lipinski definition) is 10. The van der Waals surface area contributed by atoms with Gasteiger partial charge < -0.3 is 14.4 Å². The van der Waals surface area contributed by atoms with Crippen LogP contribution in [-0.2, 0) is 20.9 Å². The molecule has 3 aliphatic rings. The second-order valence-corrected chi connectivity index (χ2v) is 14.3. The molecule has 0 spiro atoms. The molecule has 5 rings (SSSR count). The number of benzene rings is 1. The number of piperidine rings is 1. The molecule has 44 heavy (non-hydrogen) atoms. The molecule has 1 aromatic heterocycles. The zero-order chi connectivity index (χ0) is 31.6. The minimum atomic E-state index is -0.729. The van der Waals surface area contributed by atoms with Crippen molar-refractivity contribution in [3.05, 3.63) is 45.9 Å². The maximum atomic E-state index is 13.2. The third-order valence-electron chi connectivity index (χ3n) is 7.29. The molecular weight excluding hydrogens is 586 g/mol. The summed E-state index contributed by atoms with van der Waals surface area (Å²) in [6.45, 7) is 11.4. The molecule has 4 amide bonds. The number of ether oxygens (including phenoxy) is 2. The summed E-state index contributed by atoms with van der Waals surface area (Å²) in [5.74, 6) is 0.105. The van der Waals surface area contributed by atoms with Crippen LogP contribution in [0.3, 0.4) is 0 Å². The quantitative estimate of drug-likeness (QED) is 0.326. The highest BCUT2D eigenvalue weighted by Gasteiger charge is 2.47. The van der Waals surface area contributed by atoms with Gasteiger partial charge in [-0.2, -0.15) is 5.06 Å². The highest BCUT2D eigenvalue weighted by atomic mass is 32.1.